The topological polar surface area (TPSA) is 43.8 Å². The van der Waals surface area contributed by atoms with Crippen molar-refractivity contribution in [3.8, 4) is 0 Å². The molecule has 1 aromatic carbocycles. The molecule has 0 amide bonds. The van der Waals surface area contributed by atoms with Gasteiger partial charge in [0.05, 0.1) is 5.69 Å². The third-order valence-corrected chi connectivity index (χ3v) is 3.65. The van der Waals surface area contributed by atoms with Crippen molar-refractivity contribution in [1.29, 1.82) is 0 Å². The van der Waals surface area contributed by atoms with Crippen molar-refractivity contribution in [3.05, 3.63) is 52.6 Å². The summed E-state index contributed by atoms with van der Waals surface area (Å²) in [4.78, 5) is 0. The number of nitrogens with zero attached hydrogens (tertiary/aromatic N) is 2. The first-order chi connectivity index (χ1) is 9.55. The van der Waals surface area contributed by atoms with Gasteiger partial charge in [-0.2, -0.15) is 5.10 Å². The molecular formula is C16H22FN3. The van der Waals surface area contributed by atoms with E-state index in [0.717, 1.165) is 35.5 Å². The molecule has 2 N–H and O–H groups in total. The summed E-state index contributed by atoms with van der Waals surface area (Å²) in [7, 11) is 0. The lowest BCUT2D eigenvalue weighted by Crippen LogP contribution is -2.17. The Morgan fingerprint density at radius 2 is 2.05 bits per heavy atom. The molecule has 0 spiro atoms. The molecule has 0 aliphatic rings. The average Bonchev–Trinajstić information content (AvgIpc) is 2.83. The lowest BCUT2D eigenvalue weighted by molar-refractivity contribution is 0.579. The molecule has 1 unspecified atom stereocenters. The van der Waals surface area contributed by atoms with Crippen molar-refractivity contribution in [2.75, 3.05) is 0 Å². The molecule has 3 nitrogen and oxygen atoms in total. The summed E-state index contributed by atoms with van der Waals surface area (Å²) >= 11 is 0. The number of nitrogens with two attached hydrogens (primary N) is 1. The largest absolute Gasteiger partial charge is 0.324 e. The second kappa shape index (κ2) is 6.18. The highest BCUT2D eigenvalue weighted by atomic mass is 19.1. The molecule has 1 heterocycles. The second-order valence-electron chi connectivity index (χ2n) is 5.11. The first-order valence-electron chi connectivity index (χ1n) is 7.12. The van der Waals surface area contributed by atoms with Gasteiger partial charge in [0.1, 0.15) is 5.82 Å². The fraction of sp³-hybridized carbons (Fsp3) is 0.438. The van der Waals surface area contributed by atoms with Crippen LogP contribution >= 0.6 is 0 Å². The van der Waals surface area contributed by atoms with Gasteiger partial charge in [0.2, 0.25) is 0 Å². The normalized spacial score (nSPS) is 12.7. The quantitative estimate of drug-likeness (QED) is 0.911. The lowest BCUT2D eigenvalue weighted by atomic mass is 9.98. The summed E-state index contributed by atoms with van der Waals surface area (Å²) in [5.74, 6) is -0.237. The van der Waals surface area contributed by atoms with Crippen molar-refractivity contribution in [1.82, 2.24) is 9.78 Å². The predicted octanol–water partition coefficient (Wildman–Crippen LogP) is 3.16. The first-order valence-corrected chi connectivity index (χ1v) is 7.12. The van der Waals surface area contributed by atoms with Crippen LogP contribution in [0.25, 0.3) is 0 Å². The van der Waals surface area contributed by atoms with Crippen LogP contribution in [0, 0.1) is 12.7 Å². The SMILES string of the molecule is CCc1cc(CC(N)c2cc(F)ccc2C)n(CC)n1. The third-order valence-electron chi connectivity index (χ3n) is 3.65. The Morgan fingerprint density at radius 1 is 1.30 bits per heavy atom. The molecule has 1 aromatic heterocycles. The van der Waals surface area contributed by atoms with E-state index >= 15 is 0 Å². The summed E-state index contributed by atoms with van der Waals surface area (Å²) in [6, 6.07) is 6.67. The Balaban J connectivity index is 2.24. The monoisotopic (exact) mass is 275 g/mol. The molecule has 0 saturated heterocycles. The van der Waals surface area contributed by atoms with Gasteiger partial charge in [-0.3, -0.25) is 4.68 Å². The van der Waals surface area contributed by atoms with Crippen LogP contribution < -0.4 is 5.73 Å². The number of aromatic nitrogens is 2. The van der Waals surface area contributed by atoms with Crippen molar-refractivity contribution in [3.63, 3.8) is 0 Å². The molecule has 2 aromatic rings. The Morgan fingerprint density at radius 3 is 2.70 bits per heavy atom. The van der Waals surface area contributed by atoms with Crippen LogP contribution in [0.5, 0.6) is 0 Å². The van der Waals surface area contributed by atoms with Crippen LogP contribution in [-0.4, -0.2) is 9.78 Å². The molecule has 1 atom stereocenters. The Bertz CT molecular complexity index is 589. The molecule has 0 fully saturated rings. The number of benzene rings is 1. The average molecular weight is 275 g/mol. The van der Waals surface area contributed by atoms with Crippen molar-refractivity contribution >= 4 is 0 Å². The van der Waals surface area contributed by atoms with Crippen molar-refractivity contribution < 1.29 is 4.39 Å². The van der Waals surface area contributed by atoms with Gasteiger partial charge in [-0.15, -0.1) is 0 Å². The second-order valence-corrected chi connectivity index (χ2v) is 5.11. The molecule has 108 valence electrons. The molecule has 0 bridgehead atoms. The van der Waals surface area contributed by atoms with E-state index in [1.54, 1.807) is 6.07 Å². The van der Waals surface area contributed by atoms with Crippen molar-refractivity contribution in [2.45, 2.75) is 46.2 Å². The van der Waals surface area contributed by atoms with E-state index in [-0.39, 0.29) is 11.9 Å². The summed E-state index contributed by atoms with van der Waals surface area (Å²) < 4.78 is 15.4. The summed E-state index contributed by atoms with van der Waals surface area (Å²) in [6.07, 6.45) is 1.58. The maximum Gasteiger partial charge on any atom is 0.123 e. The Kier molecular flexibility index (Phi) is 4.55. The zero-order valence-corrected chi connectivity index (χ0v) is 12.4. The number of hydrogen-bond acceptors (Lipinski definition) is 2. The van der Waals surface area contributed by atoms with Crippen LogP contribution in [-0.2, 0) is 19.4 Å². The highest BCUT2D eigenvalue weighted by Crippen LogP contribution is 2.21. The Hall–Kier alpha value is -1.68. The van der Waals surface area contributed by atoms with E-state index in [4.69, 9.17) is 5.73 Å². The van der Waals surface area contributed by atoms with E-state index in [1.165, 1.54) is 12.1 Å². The molecule has 0 radical (unpaired) electrons. The predicted molar refractivity (Wildman–Crippen MR) is 79.0 cm³/mol. The van der Waals surface area contributed by atoms with Crippen LogP contribution in [0.1, 0.15) is 42.4 Å². The number of aryl methyl sites for hydroxylation is 3. The maximum absolute atomic E-state index is 13.4. The fourth-order valence-electron chi connectivity index (χ4n) is 2.47. The maximum atomic E-state index is 13.4. The molecular weight excluding hydrogens is 253 g/mol. The van der Waals surface area contributed by atoms with E-state index < -0.39 is 0 Å². The van der Waals surface area contributed by atoms with Gasteiger partial charge in [-0.25, -0.2) is 4.39 Å². The van der Waals surface area contributed by atoms with Crippen LogP contribution in [0.3, 0.4) is 0 Å². The standard InChI is InChI=1S/C16H22FN3/c1-4-13-9-14(20(5-2)19-13)10-16(18)15-8-12(17)7-6-11(15)3/h6-9,16H,4-5,10,18H2,1-3H3. The van der Waals surface area contributed by atoms with Gasteiger partial charge < -0.3 is 5.73 Å². The molecule has 2 rings (SSSR count). The van der Waals surface area contributed by atoms with Gasteiger partial charge in [-0.05, 0) is 49.6 Å². The van der Waals surface area contributed by atoms with E-state index in [2.05, 4.69) is 25.0 Å². The molecule has 4 heteroatoms. The Labute approximate surface area is 119 Å². The summed E-state index contributed by atoms with van der Waals surface area (Å²) in [6.45, 7) is 6.94. The van der Waals surface area contributed by atoms with Crippen LogP contribution in [0.4, 0.5) is 4.39 Å². The van der Waals surface area contributed by atoms with Gasteiger partial charge in [0.15, 0.2) is 0 Å². The van der Waals surface area contributed by atoms with E-state index in [1.807, 2.05) is 11.6 Å². The number of halogens is 1. The minimum Gasteiger partial charge on any atom is -0.324 e. The lowest BCUT2D eigenvalue weighted by Gasteiger charge is -2.15. The van der Waals surface area contributed by atoms with Crippen LogP contribution in [0.15, 0.2) is 24.3 Å². The number of hydrogen-bond donors (Lipinski definition) is 1. The van der Waals surface area contributed by atoms with E-state index in [0.29, 0.717) is 6.42 Å². The molecule has 0 aliphatic heterocycles. The zero-order valence-electron chi connectivity index (χ0n) is 12.4. The molecule has 20 heavy (non-hydrogen) atoms. The summed E-state index contributed by atoms with van der Waals surface area (Å²) in [5.41, 5.74) is 10.3. The minimum atomic E-state index is -0.237. The van der Waals surface area contributed by atoms with Crippen LogP contribution in [0.2, 0.25) is 0 Å². The van der Waals surface area contributed by atoms with Gasteiger partial charge in [0, 0.05) is 24.7 Å². The smallest absolute Gasteiger partial charge is 0.123 e. The van der Waals surface area contributed by atoms with Gasteiger partial charge in [0.25, 0.3) is 0 Å². The number of rotatable bonds is 5. The first kappa shape index (κ1) is 14.7. The van der Waals surface area contributed by atoms with E-state index in [9.17, 15) is 4.39 Å². The minimum absolute atomic E-state index is 0.211. The fourth-order valence-corrected chi connectivity index (χ4v) is 2.47. The highest BCUT2D eigenvalue weighted by molar-refractivity contribution is 5.30. The van der Waals surface area contributed by atoms with Gasteiger partial charge in [-0.1, -0.05) is 13.0 Å². The van der Waals surface area contributed by atoms with Gasteiger partial charge >= 0.3 is 0 Å². The highest BCUT2D eigenvalue weighted by Gasteiger charge is 2.14. The third kappa shape index (κ3) is 3.07. The summed E-state index contributed by atoms with van der Waals surface area (Å²) in [5, 5.41) is 4.52. The van der Waals surface area contributed by atoms with Crippen molar-refractivity contribution in [2.24, 2.45) is 5.73 Å². The zero-order chi connectivity index (χ0) is 14.7. The molecule has 0 saturated carbocycles. The molecule has 0 aliphatic carbocycles.